The molecule has 1 saturated heterocycles. The summed E-state index contributed by atoms with van der Waals surface area (Å²) in [6.07, 6.45) is 5.60. The van der Waals surface area contributed by atoms with Gasteiger partial charge in [-0.2, -0.15) is 0 Å². The fraction of sp³-hybridized carbons (Fsp3) is 0.812. The molecule has 1 fully saturated rings. The first kappa shape index (κ1) is 15.5. The van der Waals surface area contributed by atoms with E-state index in [1.807, 2.05) is 6.20 Å². The Bertz CT molecular complexity index is 422. The van der Waals surface area contributed by atoms with Gasteiger partial charge in [0.25, 0.3) is 0 Å². The first-order valence-electron chi connectivity index (χ1n) is 7.83. The first-order valence-corrected chi connectivity index (χ1v) is 7.83. The van der Waals surface area contributed by atoms with Crippen LogP contribution in [0, 0.1) is 5.92 Å². The van der Waals surface area contributed by atoms with Gasteiger partial charge in [-0.25, -0.2) is 4.98 Å². The summed E-state index contributed by atoms with van der Waals surface area (Å²) in [4.78, 5) is 6.87. The largest absolute Gasteiger partial charge is 0.444 e. The van der Waals surface area contributed by atoms with Gasteiger partial charge < -0.3 is 10.2 Å². The molecule has 2 rings (SSSR count). The minimum absolute atomic E-state index is 0.0216. The van der Waals surface area contributed by atoms with Crippen LogP contribution in [0.3, 0.4) is 0 Å². The second-order valence-corrected chi connectivity index (χ2v) is 7.03. The summed E-state index contributed by atoms with van der Waals surface area (Å²) < 4.78 is 5.90. The van der Waals surface area contributed by atoms with Crippen LogP contribution in [0.5, 0.6) is 0 Å². The van der Waals surface area contributed by atoms with E-state index >= 15 is 0 Å². The van der Waals surface area contributed by atoms with Crippen molar-refractivity contribution in [2.45, 2.75) is 65.0 Å². The van der Waals surface area contributed by atoms with Crippen LogP contribution >= 0.6 is 0 Å². The summed E-state index contributed by atoms with van der Waals surface area (Å²) in [6.45, 7) is 11.3. The van der Waals surface area contributed by atoms with Crippen molar-refractivity contribution in [1.29, 1.82) is 0 Å². The highest BCUT2D eigenvalue weighted by atomic mass is 16.4. The molecule has 20 heavy (non-hydrogen) atoms. The van der Waals surface area contributed by atoms with Crippen molar-refractivity contribution < 1.29 is 4.42 Å². The van der Waals surface area contributed by atoms with E-state index in [9.17, 15) is 0 Å². The zero-order valence-electron chi connectivity index (χ0n) is 13.4. The minimum atomic E-state index is 0.0216. The third kappa shape index (κ3) is 3.61. The molecule has 0 bridgehead atoms. The van der Waals surface area contributed by atoms with Crippen LogP contribution in [-0.2, 0) is 12.0 Å². The highest BCUT2D eigenvalue weighted by Crippen LogP contribution is 2.27. The van der Waals surface area contributed by atoms with Crippen LogP contribution in [0.25, 0.3) is 0 Å². The second-order valence-electron chi connectivity index (χ2n) is 7.03. The molecular weight excluding hydrogens is 250 g/mol. The molecular formula is C16H29N3O. The Morgan fingerprint density at radius 3 is 2.75 bits per heavy atom. The molecule has 2 atom stereocenters. The Balaban J connectivity index is 2.00. The van der Waals surface area contributed by atoms with Gasteiger partial charge in [-0.3, -0.25) is 4.90 Å². The van der Waals surface area contributed by atoms with E-state index < -0.39 is 0 Å². The lowest BCUT2D eigenvalue weighted by Crippen LogP contribution is -2.46. The maximum Gasteiger partial charge on any atom is 0.208 e. The third-order valence-electron chi connectivity index (χ3n) is 4.43. The molecule has 2 heterocycles. The molecule has 4 heteroatoms. The fourth-order valence-electron chi connectivity index (χ4n) is 2.91. The van der Waals surface area contributed by atoms with Gasteiger partial charge in [-0.1, -0.05) is 34.1 Å². The quantitative estimate of drug-likeness (QED) is 0.920. The van der Waals surface area contributed by atoms with E-state index in [2.05, 4.69) is 37.6 Å². The highest BCUT2D eigenvalue weighted by Gasteiger charge is 2.28. The molecule has 114 valence electrons. The lowest BCUT2D eigenvalue weighted by Gasteiger charge is -2.38. The van der Waals surface area contributed by atoms with E-state index in [4.69, 9.17) is 10.2 Å². The van der Waals surface area contributed by atoms with E-state index in [0.717, 1.165) is 37.2 Å². The molecule has 4 nitrogen and oxygen atoms in total. The van der Waals surface area contributed by atoms with E-state index in [1.54, 1.807) is 0 Å². The van der Waals surface area contributed by atoms with Crippen LogP contribution in [0.1, 0.15) is 58.6 Å². The molecule has 0 aromatic carbocycles. The van der Waals surface area contributed by atoms with Crippen molar-refractivity contribution in [2.24, 2.45) is 11.7 Å². The summed E-state index contributed by atoms with van der Waals surface area (Å²) in [5.74, 6) is 2.61. The predicted octanol–water partition coefficient (Wildman–Crippen LogP) is 2.92. The van der Waals surface area contributed by atoms with E-state index in [-0.39, 0.29) is 5.41 Å². The summed E-state index contributed by atoms with van der Waals surface area (Å²) in [5, 5.41) is 0. The molecule has 2 unspecified atom stereocenters. The van der Waals surface area contributed by atoms with E-state index in [0.29, 0.717) is 6.04 Å². The molecule has 1 aromatic heterocycles. The first-order chi connectivity index (χ1) is 9.44. The van der Waals surface area contributed by atoms with Crippen LogP contribution in [0.2, 0.25) is 0 Å². The summed E-state index contributed by atoms with van der Waals surface area (Å²) >= 11 is 0. The SMILES string of the molecule is CCC1CCN(Cc2ncc(C(C)(C)C)o2)C(CN)C1. The van der Waals surface area contributed by atoms with Crippen molar-refractivity contribution >= 4 is 0 Å². The summed E-state index contributed by atoms with van der Waals surface area (Å²) in [7, 11) is 0. The monoisotopic (exact) mass is 279 g/mol. The van der Waals surface area contributed by atoms with Gasteiger partial charge in [-0.05, 0) is 25.3 Å². The summed E-state index contributed by atoms with van der Waals surface area (Å²) in [5.41, 5.74) is 5.97. The highest BCUT2D eigenvalue weighted by molar-refractivity contribution is 5.06. The second kappa shape index (κ2) is 6.27. The number of rotatable bonds is 4. The number of nitrogens with zero attached hydrogens (tertiary/aromatic N) is 2. The Morgan fingerprint density at radius 2 is 2.20 bits per heavy atom. The van der Waals surface area contributed by atoms with Gasteiger partial charge in [0.05, 0.1) is 12.7 Å². The topological polar surface area (TPSA) is 55.3 Å². The number of nitrogens with two attached hydrogens (primary N) is 1. The van der Waals surface area contributed by atoms with Crippen LogP contribution < -0.4 is 5.73 Å². The molecule has 0 radical (unpaired) electrons. The van der Waals surface area contributed by atoms with Gasteiger partial charge in [0.15, 0.2) is 0 Å². The molecule has 0 amide bonds. The lowest BCUT2D eigenvalue weighted by molar-refractivity contribution is 0.0970. The smallest absolute Gasteiger partial charge is 0.208 e. The van der Waals surface area contributed by atoms with Gasteiger partial charge in [-0.15, -0.1) is 0 Å². The minimum Gasteiger partial charge on any atom is -0.444 e. The van der Waals surface area contributed by atoms with Crippen molar-refractivity contribution in [1.82, 2.24) is 9.88 Å². The van der Waals surface area contributed by atoms with Gasteiger partial charge >= 0.3 is 0 Å². The van der Waals surface area contributed by atoms with Crippen LogP contribution in [0.4, 0.5) is 0 Å². The van der Waals surface area contributed by atoms with Crippen molar-refractivity contribution in [3.05, 3.63) is 17.8 Å². The molecule has 2 N–H and O–H groups in total. The molecule has 1 aromatic rings. The Kier molecular flexibility index (Phi) is 4.86. The molecule has 1 aliphatic heterocycles. The summed E-state index contributed by atoms with van der Waals surface area (Å²) in [6, 6.07) is 0.471. The Labute approximate surface area is 122 Å². The van der Waals surface area contributed by atoms with Crippen LogP contribution in [-0.4, -0.2) is 29.0 Å². The molecule has 0 spiro atoms. The third-order valence-corrected chi connectivity index (χ3v) is 4.43. The number of hydrogen-bond donors (Lipinski definition) is 1. The molecule has 0 aliphatic carbocycles. The maximum absolute atomic E-state index is 5.95. The van der Waals surface area contributed by atoms with E-state index in [1.165, 1.54) is 19.3 Å². The normalized spacial score (nSPS) is 25.1. The van der Waals surface area contributed by atoms with Crippen molar-refractivity contribution in [3.63, 3.8) is 0 Å². The number of likely N-dealkylation sites (tertiary alicyclic amines) is 1. The number of oxazole rings is 1. The zero-order valence-corrected chi connectivity index (χ0v) is 13.4. The molecule has 0 saturated carbocycles. The van der Waals surface area contributed by atoms with Gasteiger partial charge in [0.2, 0.25) is 5.89 Å². The number of aromatic nitrogens is 1. The van der Waals surface area contributed by atoms with Gasteiger partial charge in [0, 0.05) is 18.0 Å². The average Bonchev–Trinajstić information content (AvgIpc) is 2.87. The Morgan fingerprint density at radius 1 is 1.45 bits per heavy atom. The van der Waals surface area contributed by atoms with Gasteiger partial charge in [0.1, 0.15) is 5.76 Å². The molecule has 1 aliphatic rings. The lowest BCUT2D eigenvalue weighted by atomic mass is 9.89. The average molecular weight is 279 g/mol. The van der Waals surface area contributed by atoms with Crippen molar-refractivity contribution in [2.75, 3.05) is 13.1 Å². The zero-order chi connectivity index (χ0) is 14.8. The van der Waals surface area contributed by atoms with Crippen molar-refractivity contribution in [3.8, 4) is 0 Å². The fourth-order valence-corrected chi connectivity index (χ4v) is 2.91. The maximum atomic E-state index is 5.95. The standard InChI is InChI=1S/C16H29N3O/c1-5-12-6-7-19(13(8-12)9-17)11-15-18-10-14(20-15)16(2,3)4/h10,12-13H,5-9,11,17H2,1-4H3. The van der Waals surface area contributed by atoms with Crippen LogP contribution in [0.15, 0.2) is 10.6 Å². The predicted molar refractivity (Wildman–Crippen MR) is 81.5 cm³/mol. The number of piperidine rings is 1. The number of hydrogen-bond acceptors (Lipinski definition) is 4. The Hall–Kier alpha value is -0.870.